The molecular weight excluding hydrogens is 338 g/mol. The fraction of sp³-hybridized carbons (Fsp3) is 0.556. The Balaban J connectivity index is 1.31. The number of nitrogens with zero attached hydrogens (tertiary/aromatic N) is 3. The van der Waals surface area contributed by atoms with Crippen LogP contribution in [0.4, 0.5) is 0 Å². The molecule has 1 aromatic heterocycles. The zero-order valence-electron chi connectivity index (χ0n) is 14.6. The van der Waals surface area contributed by atoms with Gasteiger partial charge >= 0.3 is 0 Å². The van der Waals surface area contributed by atoms with Gasteiger partial charge in [-0.3, -0.25) is 24.1 Å². The van der Waals surface area contributed by atoms with Crippen molar-refractivity contribution in [2.75, 3.05) is 19.6 Å². The van der Waals surface area contributed by atoms with Crippen LogP contribution in [0.2, 0.25) is 0 Å². The largest absolute Gasteiger partial charge is 0.486 e. The van der Waals surface area contributed by atoms with E-state index in [4.69, 9.17) is 4.74 Å². The van der Waals surface area contributed by atoms with Gasteiger partial charge in [0, 0.05) is 30.6 Å². The van der Waals surface area contributed by atoms with E-state index in [-0.39, 0.29) is 48.8 Å². The maximum absolute atomic E-state index is 12.2. The molecule has 26 heavy (non-hydrogen) atoms. The van der Waals surface area contributed by atoms with Crippen molar-refractivity contribution in [2.45, 2.75) is 44.8 Å². The van der Waals surface area contributed by atoms with E-state index in [9.17, 15) is 19.2 Å². The highest BCUT2D eigenvalue weighted by Gasteiger charge is 2.37. The number of aromatic nitrogens is 1. The van der Waals surface area contributed by atoms with Crippen LogP contribution in [0.3, 0.4) is 0 Å². The van der Waals surface area contributed by atoms with Crippen molar-refractivity contribution in [3.63, 3.8) is 0 Å². The van der Waals surface area contributed by atoms with Gasteiger partial charge < -0.3 is 14.2 Å². The van der Waals surface area contributed by atoms with E-state index in [0.29, 0.717) is 24.9 Å². The molecule has 3 heterocycles. The number of ether oxygens (including phenoxy) is 1. The molecule has 0 bridgehead atoms. The summed E-state index contributed by atoms with van der Waals surface area (Å²) in [4.78, 5) is 50.1. The zero-order chi connectivity index (χ0) is 18.4. The van der Waals surface area contributed by atoms with Gasteiger partial charge in [0.05, 0.1) is 13.1 Å². The number of amides is 3. The summed E-state index contributed by atoms with van der Waals surface area (Å²) in [7, 11) is 0. The lowest BCUT2D eigenvalue weighted by molar-refractivity contribution is -0.149. The summed E-state index contributed by atoms with van der Waals surface area (Å²) in [6, 6.07) is 3.67. The molecule has 4 rings (SSSR count). The van der Waals surface area contributed by atoms with E-state index in [1.165, 1.54) is 6.07 Å². The molecular formula is C18H21N3O5. The molecule has 3 aliphatic rings. The van der Waals surface area contributed by atoms with Crippen molar-refractivity contribution in [2.24, 2.45) is 0 Å². The second-order valence-electron chi connectivity index (χ2n) is 7.18. The number of imide groups is 1. The van der Waals surface area contributed by atoms with Crippen LogP contribution in [0, 0.1) is 6.92 Å². The van der Waals surface area contributed by atoms with Crippen LogP contribution in [0.25, 0.3) is 0 Å². The number of pyridine rings is 1. The Kier molecular flexibility index (Phi) is 4.05. The van der Waals surface area contributed by atoms with Crippen molar-refractivity contribution in [1.29, 1.82) is 0 Å². The van der Waals surface area contributed by atoms with Gasteiger partial charge in [0.15, 0.2) is 0 Å². The number of hydrogen-bond donors (Lipinski definition) is 0. The van der Waals surface area contributed by atoms with Gasteiger partial charge in [-0.1, -0.05) is 0 Å². The van der Waals surface area contributed by atoms with Crippen molar-refractivity contribution < 1.29 is 19.1 Å². The molecule has 0 unspecified atom stereocenters. The Morgan fingerprint density at radius 3 is 2.35 bits per heavy atom. The molecule has 8 heteroatoms. The zero-order valence-corrected chi connectivity index (χ0v) is 14.6. The van der Waals surface area contributed by atoms with Crippen LogP contribution in [0.5, 0.6) is 5.75 Å². The molecule has 1 saturated carbocycles. The molecule has 138 valence electrons. The van der Waals surface area contributed by atoms with Crippen LogP contribution in [0.15, 0.2) is 16.9 Å². The van der Waals surface area contributed by atoms with E-state index in [1.54, 1.807) is 9.47 Å². The lowest BCUT2D eigenvalue weighted by atomic mass is 10.1. The molecule has 0 N–H and O–H groups in total. The molecule has 3 amide bonds. The quantitative estimate of drug-likeness (QED) is 0.702. The first kappa shape index (κ1) is 16.8. The van der Waals surface area contributed by atoms with Crippen LogP contribution in [0.1, 0.15) is 37.4 Å². The van der Waals surface area contributed by atoms with E-state index >= 15 is 0 Å². The normalized spacial score (nSPS) is 20.5. The standard InChI is InChI=1S/C18H21N3O5/c1-11-6-13(7-17(24)21(11)12-2-3-12)26-14-8-19(9-14)18(25)10-20-15(22)4-5-16(20)23/h6-7,12,14H,2-5,8-10H2,1H3. The highest BCUT2D eigenvalue weighted by Crippen LogP contribution is 2.35. The Hall–Kier alpha value is -2.64. The SMILES string of the molecule is Cc1cc(OC2CN(C(=O)CN3C(=O)CCC3=O)C2)cc(=O)n1C1CC1. The third-order valence-corrected chi connectivity index (χ3v) is 5.10. The summed E-state index contributed by atoms with van der Waals surface area (Å²) < 4.78 is 7.60. The molecule has 0 atom stereocenters. The highest BCUT2D eigenvalue weighted by molar-refractivity contribution is 6.04. The predicted octanol–water partition coefficient (Wildman–Crippen LogP) is 0.230. The molecule has 3 fully saturated rings. The van der Waals surface area contributed by atoms with Crippen LogP contribution >= 0.6 is 0 Å². The minimum absolute atomic E-state index is 0.0548. The Labute approximate surface area is 150 Å². The van der Waals surface area contributed by atoms with Crippen LogP contribution in [-0.2, 0) is 14.4 Å². The first-order valence-corrected chi connectivity index (χ1v) is 8.93. The topological polar surface area (TPSA) is 88.9 Å². The maximum atomic E-state index is 12.2. The molecule has 8 nitrogen and oxygen atoms in total. The minimum Gasteiger partial charge on any atom is -0.486 e. The average Bonchev–Trinajstić information content (AvgIpc) is 3.32. The highest BCUT2D eigenvalue weighted by atomic mass is 16.5. The number of aryl methyl sites for hydroxylation is 1. The third-order valence-electron chi connectivity index (χ3n) is 5.10. The first-order chi connectivity index (χ1) is 12.4. The lowest BCUT2D eigenvalue weighted by Gasteiger charge is -2.39. The predicted molar refractivity (Wildman–Crippen MR) is 90.7 cm³/mol. The summed E-state index contributed by atoms with van der Waals surface area (Å²) in [5, 5.41) is 0. The summed E-state index contributed by atoms with van der Waals surface area (Å²) in [5.41, 5.74) is 0.828. The van der Waals surface area contributed by atoms with Gasteiger partial charge in [-0.2, -0.15) is 0 Å². The van der Waals surface area contributed by atoms with Crippen molar-refractivity contribution in [1.82, 2.24) is 14.4 Å². The van der Waals surface area contributed by atoms with Crippen molar-refractivity contribution in [3.05, 3.63) is 28.2 Å². The Bertz CT molecular complexity index is 820. The van der Waals surface area contributed by atoms with Crippen molar-refractivity contribution >= 4 is 17.7 Å². The van der Waals surface area contributed by atoms with Gasteiger partial charge in [-0.15, -0.1) is 0 Å². The molecule has 0 radical (unpaired) electrons. The third kappa shape index (κ3) is 3.11. The summed E-state index contributed by atoms with van der Waals surface area (Å²) >= 11 is 0. The summed E-state index contributed by atoms with van der Waals surface area (Å²) in [6.07, 6.45) is 2.28. The van der Waals surface area contributed by atoms with Gasteiger partial charge in [-0.25, -0.2) is 0 Å². The molecule has 1 aliphatic carbocycles. The van der Waals surface area contributed by atoms with Crippen LogP contribution in [-0.4, -0.2) is 57.8 Å². The van der Waals surface area contributed by atoms with E-state index in [1.807, 2.05) is 13.0 Å². The van der Waals surface area contributed by atoms with Gasteiger partial charge in [-0.05, 0) is 25.8 Å². The van der Waals surface area contributed by atoms with Crippen LogP contribution < -0.4 is 10.3 Å². The van der Waals surface area contributed by atoms with Crippen molar-refractivity contribution in [3.8, 4) is 5.75 Å². The molecule has 0 aromatic carbocycles. The fourth-order valence-corrected chi connectivity index (χ4v) is 3.49. The molecule has 2 saturated heterocycles. The molecule has 0 spiro atoms. The number of hydrogen-bond acceptors (Lipinski definition) is 5. The average molecular weight is 359 g/mol. The minimum atomic E-state index is -0.289. The van der Waals surface area contributed by atoms with E-state index in [2.05, 4.69) is 0 Å². The lowest BCUT2D eigenvalue weighted by Crippen LogP contribution is -2.58. The monoisotopic (exact) mass is 359 g/mol. The maximum Gasteiger partial charge on any atom is 0.254 e. The van der Waals surface area contributed by atoms with E-state index in [0.717, 1.165) is 23.4 Å². The second kappa shape index (κ2) is 6.26. The Morgan fingerprint density at radius 2 is 1.77 bits per heavy atom. The smallest absolute Gasteiger partial charge is 0.254 e. The summed E-state index contributed by atoms with van der Waals surface area (Å²) in [5.74, 6) is -0.313. The van der Waals surface area contributed by atoms with Gasteiger partial charge in [0.1, 0.15) is 18.4 Å². The molecule has 1 aromatic rings. The summed E-state index contributed by atoms with van der Waals surface area (Å²) in [6.45, 7) is 2.48. The Morgan fingerprint density at radius 1 is 1.12 bits per heavy atom. The van der Waals surface area contributed by atoms with Gasteiger partial charge in [0.2, 0.25) is 17.7 Å². The van der Waals surface area contributed by atoms with Gasteiger partial charge in [0.25, 0.3) is 5.56 Å². The number of rotatable bonds is 5. The first-order valence-electron chi connectivity index (χ1n) is 8.93. The number of likely N-dealkylation sites (tertiary alicyclic amines) is 2. The number of carbonyl (C=O) groups is 3. The second-order valence-corrected chi connectivity index (χ2v) is 7.18. The fourth-order valence-electron chi connectivity index (χ4n) is 3.49. The van der Waals surface area contributed by atoms with E-state index < -0.39 is 0 Å². The molecule has 2 aliphatic heterocycles. The number of carbonyl (C=O) groups excluding carboxylic acids is 3.